The third-order valence-electron chi connectivity index (χ3n) is 2.66. The zero-order chi connectivity index (χ0) is 12.0. The molecule has 0 amide bonds. The number of hydrogen-bond acceptors (Lipinski definition) is 3. The van der Waals surface area contributed by atoms with Gasteiger partial charge in [-0.3, -0.25) is 4.98 Å². The van der Waals surface area contributed by atoms with Crippen molar-refractivity contribution < 1.29 is 4.74 Å². The van der Waals surface area contributed by atoms with Gasteiger partial charge in [-0.1, -0.05) is 13.8 Å². The summed E-state index contributed by atoms with van der Waals surface area (Å²) in [5.74, 6) is 0.893. The summed E-state index contributed by atoms with van der Waals surface area (Å²) in [6.07, 6.45) is 3.09. The lowest BCUT2D eigenvalue weighted by molar-refractivity contribution is 0.190. The van der Waals surface area contributed by atoms with Crippen molar-refractivity contribution >= 4 is 0 Å². The quantitative estimate of drug-likeness (QED) is 0.804. The number of ether oxygens (including phenoxy) is 1. The van der Waals surface area contributed by atoms with Gasteiger partial charge in [0, 0.05) is 12.1 Å². The molecule has 0 bridgehead atoms. The average Bonchev–Trinajstić information content (AvgIpc) is 2.29. The van der Waals surface area contributed by atoms with Gasteiger partial charge >= 0.3 is 0 Å². The second-order valence-corrected chi connectivity index (χ2v) is 3.99. The smallest absolute Gasteiger partial charge is 0.141 e. The molecule has 0 aliphatic carbocycles. The third-order valence-corrected chi connectivity index (χ3v) is 2.66. The highest BCUT2D eigenvalue weighted by atomic mass is 16.5. The maximum atomic E-state index is 5.93. The lowest BCUT2D eigenvalue weighted by Crippen LogP contribution is -2.16. The fourth-order valence-corrected chi connectivity index (χ4v) is 1.66. The van der Waals surface area contributed by atoms with Crippen molar-refractivity contribution in [2.75, 3.05) is 6.54 Å². The summed E-state index contributed by atoms with van der Waals surface area (Å²) in [7, 11) is 0. The molecule has 0 saturated heterocycles. The molecule has 3 heteroatoms. The Hall–Kier alpha value is -1.09. The van der Waals surface area contributed by atoms with Crippen molar-refractivity contribution in [3.63, 3.8) is 0 Å². The largest absolute Gasteiger partial charge is 0.489 e. The SMILES string of the molecule is CCC(CC)Oc1ccc(C)nc1CCN. The van der Waals surface area contributed by atoms with E-state index in [0.29, 0.717) is 6.54 Å². The van der Waals surface area contributed by atoms with Crippen LogP contribution < -0.4 is 10.5 Å². The highest BCUT2D eigenvalue weighted by Crippen LogP contribution is 2.20. The molecule has 2 N–H and O–H groups in total. The summed E-state index contributed by atoms with van der Waals surface area (Å²) in [6.45, 7) is 6.87. The van der Waals surface area contributed by atoms with Crippen molar-refractivity contribution in [1.29, 1.82) is 0 Å². The molecular weight excluding hydrogens is 200 g/mol. The molecule has 0 aliphatic rings. The summed E-state index contributed by atoms with van der Waals surface area (Å²) in [5.41, 5.74) is 7.57. The van der Waals surface area contributed by atoms with Gasteiger partial charge in [0.1, 0.15) is 5.75 Å². The monoisotopic (exact) mass is 222 g/mol. The van der Waals surface area contributed by atoms with Gasteiger partial charge in [-0.25, -0.2) is 0 Å². The lowest BCUT2D eigenvalue weighted by atomic mass is 10.2. The highest BCUT2D eigenvalue weighted by molar-refractivity contribution is 5.29. The Kier molecular flexibility index (Phi) is 5.26. The molecule has 0 saturated carbocycles. The fraction of sp³-hybridized carbons (Fsp3) is 0.615. The summed E-state index contributed by atoms with van der Waals surface area (Å²) < 4.78 is 5.93. The second kappa shape index (κ2) is 6.48. The zero-order valence-electron chi connectivity index (χ0n) is 10.5. The van der Waals surface area contributed by atoms with E-state index in [2.05, 4.69) is 18.8 Å². The number of aryl methyl sites for hydroxylation is 1. The molecule has 0 unspecified atom stereocenters. The van der Waals surface area contributed by atoms with E-state index >= 15 is 0 Å². The minimum atomic E-state index is 0.279. The van der Waals surface area contributed by atoms with E-state index in [1.165, 1.54) is 0 Å². The minimum absolute atomic E-state index is 0.279. The minimum Gasteiger partial charge on any atom is -0.489 e. The Balaban J connectivity index is 2.84. The predicted octanol–water partition coefficient (Wildman–Crippen LogP) is 2.46. The molecule has 0 atom stereocenters. The van der Waals surface area contributed by atoms with E-state index in [0.717, 1.165) is 36.4 Å². The molecule has 1 heterocycles. The number of aromatic nitrogens is 1. The molecule has 1 aromatic rings. The first kappa shape index (κ1) is 13.0. The van der Waals surface area contributed by atoms with Crippen LogP contribution in [0, 0.1) is 6.92 Å². The Bertz CT molecular complexity index is 322. The third kappa shape index (κ3) is 3.49. The molecule has 16 heavy (non-hydrogen) atoms. The van der Waals surface area contributed by atoms with Crippen LogP contribution in [0.1, 0.15) is 38.1 Å². The Morgan fingerprint density at radius 2 is 2.00 bits per heavy atom. The van der Waals surface area contributed by atoms with E-state index in [9.17, 15) is 0 Å². The van der Waals surface area contributed by atoms with Gasteiger partial charge in [-0.05, 0) is 38.4 Å². The Morgan fingerprint density at radius 3 is 2.56 bits per heavy atom. The van der Waals surface area contributed by atoms with Gasteiger partial charge in [0.25, 0.3) is 0 Å². The highest BCUT2D eigenvalue weighted by Gasteiger charge is 2.10. The number of rotatable bonds is 6. The summed E-state index contributed by atoms with van der Waals surface area (Å²) in [4.78, 5) is 4.48. The Morgan fingerprint density at radius 1 is 1.31 bits per heavy atom. The van der Waals surface area contributed by atoms with Gasteiger partial charge < -0.3 is 10.5 Å². The van der Waals surface area contributed by atoms with Gasteiger partial charge in [0.05, 0.1) is 11.8 Å². The van der Waals surface area contributed by atoms with Crippen LogP contribution in [0.25, 0.3) is 0 Å². The molecular formula is C13H22N2O. The van der Waals surface area contributed by atoms with Crippen molar-refractivity contribution in [2.45, 2.75) is 46.1 Å². The van der Waals surface area contributed by atoms with E-state index in [-0.39, 0.29) is 6.10 Å². The molecule has 1 aromatic heterocycles. The molecule has 0 aromatic carbocycles. The fourth-order valence-electron chi connectivity index (χ4n) is 1.66. The molecule has 0 aliphatic heterocycles. The van der Waals surface area contributed by atoms with Crippen molar-refractivity contribution in [3.8, 4) is 5.75 Å². The van der Waals surface area contributed by atoms with Crippen LogP contribution in [0.4, 0.5) is 0 Å². The molecule has 90 valence electrons. The van der Waals surface area contributed by atoms with Crippen LogP contribution in [0.2, 0.25) is 0 Å². The van der Waals surface area contributed by atoms with Gasteiger partial charge in [0.15, 0.2) is 0 Å². The van der Waals surface area contributed by atoms with E-state index in [1.807, 2.05) is 19.1 Å². The predicted molar refractivity (Wildman–Crippen MR) is 66.7 cm³/mol. The first-order chi connectivity index (χ1) is 7.71. The lowest BCUT2D eigenvalue weighted by Gasteiger charge is -2.18. The first-order valence-electron chi connectivity index (χ1n) is 6.04. The van der Waals surface area contributed by atoms with E-state index in [1.54, 1.807) is 0 Å². The van der Waals surface area contributed by atoms with Crippen LogP contribution in [-0.4, -0.2) is 17.6 Å². The number of nitrogens with two attached hydrogens (primary N) is 1. The first-order valence-corrected chi connectivity index (χ1v) is 6.04. The molecule has 0 radical (unpaired) electrons. The van der Waals surface area contributed by atoms with Crippen molar-refractivity contribution in [1.82, 2.24) is 4.98 Å². The summed E-state index contributed by atoms with van der Waals surface area (Å²) >= 11 is 0. The molecule has 3 nitrogen and oxygen atoms in total. The van der Waals surface area contributed by atoms with Crippen LogP contribution in [0.5, 0.6) is 5.75 Å². The van der Waals surface area contributed by atoms with Crippen LogP contribution in [0.15, 0.2) is 12.1 Å². The number of pyridine rings is 1. The molecule has 0 spiro atoms. The van der Waals surface area contributed by atoms with E-state index < -0.39 is 0 Å². The van der Waals surface area contributed by atoms with E-state index in [4.69, 9.17) is 10.5 Å². The van der Waals surface area contributed by atoms with Gasteiger partial charge in [-0.15, -0.1) is 0 Å². The number of nitrogens with zero attached hydrogens (tertiary/aromatic N) is 1. The zero-order valence-corrected chi connectivity index (χ0v) is 10.5. The molecule has 1 rings (SSSR count). The summed E-state index contributed by atoms with van der Waals surface area (Å²) in [6, 6.07) is 3.99. The van der Waals surface area contributed by atoms with Gasteiger partial charge in [-0.2, -0.15) is 0 Å². The van der Waals surface area contributed by atoms with Crippen molar-refractivity contribution in [3.05, 3.63) is 23.5 Å². The number of hydrogen-bond donors (Lipinski definition) is 1. The van der Waals surface area contributed by atoms with Crippen LogP contribution in [-0.2, 0) is 6.42 Å². The summed E-state index contributed by atoms with van der Waals surface area (Å²) in [5, 5.41) is 0. The molecule has 0 fully saturated rings. The van der Waals surface area contributed by atoms with Crippen molar-refractivity contribution in [2.24, 2.45) is 5.73 Å². The maximum Gasteiger partial charge on any atom is 0.141 e. The normalized spacial score (nSPS) is 10.8. The topological polar surface area (TPSA) is 48.1 Å². The Labute approximate surface area is 98.0 Å². The maximum absolute atomic E-state index is 5.93. The average molecular weight is 222 g/mol. The van der Waals surface area contributed by atoms with Crippen LogP contribution >= 0.6 is 0 Å². The second-order valence-electron chi connectivity index (χ2n) is 3.99. The van der Waals surface area contributed by atoms with Gasteiger partial charge in [0.2, 0.25) is 0 Å². The van der Waals surface area contributed by atoms with Crippen LogP contribution in [0.3, 0.4) is 0 Å². The standard InChI is InChI=1S/C13H22N2O/c1-4-11(5-2)16-13-7-6-10(3)15-12(13)8-9-14/h6-7,11H,4-5,8-9,14H2,1-3H3.